The van der Waals surface area contributed by atoms with E-state index in [0.29, 0.717) is 19.3 Å². The number of esters is 3. The van der Waals surface area contributed by atoms with Crippen molar-refractivity contribution in [3.05, 3.63) is 122 Å². The Morgan fingerprint density at radius 3 is 0.813 bits per heavy atom. The fourth-order valence-corrected chi connectivity index (χ4v) is 8.38. The van der Waals surface area contributed by atoms with Crippen LogP contribution in [0.15, 0.2) is 122 Å². The molecule has 0 aromatic carbocycles. The predicted octanol–water partition coefficient (Wildman–Crippen LogP) is 21.2. The van der Waals surface area contributed by atoms with Crippen LogP contribution in [-0.2, 0) is 28.6 Å². The SMILES string of the molecule is CC/C=C\C/C=C\C/C=C\C/C=C\C/C=C\C/C=C\CCCCCCCCC(=O)OCC(COC(=O)CCCCCCCCCCCCC)OC(=O)CCCCCCCCCC/C=C\C/C=C\C/C=C\C/C=C\CC. The fourth-order valence-electron chi connectivity index (χ4n) is 8.38. The van der Waals surface area contributed by atoms with Gasteiger partial charge in [0.25, 0.3) is 0 Å². The molecule has 75 heavy (non-hydrogen) atoms. The molecule has 0 aromatic rings. The summed E-state index contributed by atoms with van der Waals surface area (Å²) in [5.74, 6) is -0.907. The van der Waals surface area contributed by atoms with Crippen molar-refractivity contribution in [1.82, 2.24) is 0 Å². The molecule has 1 atom stereocenters. The number of ether oxygens (including phenoxy) is 3. The maximum absolute atomic E-state index is 12.9. The van der Waals surface area contributed by atoms with Crippen LogP contribution in [0.4, 0.5) is 0 Å². The van der Waals surface area contributed by atoms with Gasteiger partial charge in [-0.25, -0.2) is 0 Å². The van der Waals surface area contributed by atoms with Crippen LogP contribution < -0.4 is 0 Å². The van der Waals surface area contributed by atoms with Crippen molar-refractivity contribution < 1.29 is 28.6 Å². The summed E-state index contributed by atoms with van der Waals surface area (Å²) in [6.45, 7) is 6.40. The van der Waals surface area contributed by atoms with Gasteiger partial charge in [-0.1, -0.05) is 271 Å². The lowest BCUT2D eigenvalue weighted by Gasteiger charge is -2.18. The molecule has 0 radical (unpaired) electrons. The minimum Gasteiger partial charge on any atom is -0.462 e. The van der Waals surface area contributed by atoms with Crippen LogP contribution in [0.3, 0.4) is 0 Å². The molecular formula is C69H114O6. The van der Waals surface area contributed by atoms with Crippen LogP contribution in [-0.4, -0.2) is 37.2 Å². The number of carbonyl (C=O) groups excluding carboxylic acids is 3. The molecule has 6 nitrogen and oxygen atoms in total. The van der Waals surface area contributed by atoms with Gasteiger partial charge >= 0.3 is 17.9 Å². The normalized spacial score (nSPS) is 12.9. The van der Waals surface area contributed by atoms with E-state index in [1.165, 1.54) is 96.3 Å². The van der Waals surface area contributed by atoms with Crippen molar-refractivity contribution in [1.29, 1.82) is 0 Å². The van der Waals surface area contributed by atoms with Gasteiger partial charge in [0.1, 0.15) is 13.2 Å². The van der Waals surface area contributed by atoms with Crippen molar-refractivity contribution in [2.24, 2.45) is 0 Å². The first kappa shape index (κ1) is 70.8. The molecule has 0 fully saturated rings. The van der Waals surface area contributed by atoms with Crippen LogP contribution in [0, 0.1) is 0 Å². The number of rotatable bonds is 55. The number of carbonyl (C=O) groups is 3. The summed E-state index contributed by atoms with van der Waals surface area (Å²) in [5.41, 5.74) is 0. The molecule has 0 saturated heterocycles. The van der Waals surface area contributed by atoms with Gasteiger partial charge in [-0.15, -0.1) is 0 Å². The molecule has 0 aromatic heterocycles. The lowest BCUT2D eigenvalue weighted by atomic mass is 10.1. The molecule has 1 unspecified atom stereocenters. The second-order valence-electron chi connectivity index (χ2n) is 20.2. The Hall–Kier alpha value is -4.19. The highest BCUT2D eigenvalue weighted by Gasteiger charge is 2.19. The molecule has 426 valence electrons. The molecule has 0 spiro atoms. The molecule has 6 heteroatoms. The van der Waals surface area contributed by atoms with Gasteiger partial charge in [0.15, 0.2) is 6.10 Å². The first-order valence-electron chi connectivity index (χ1n) is 31.0. The topological polar surface area (TPSA) is 78.9 Å². The van der Waals surface area contributed by atoms with Crippen LogP contribution in [0.5, 0.6) is 0 Å². The molecule has 0 amide bonds. The Kier molecular flexibility index (Phi) is 58.9. The van der Waals surface area contributed by atoms with Crippen molar-refractivity contribution in [3.63, 3.8) is 0 Å². The second-order valence-corrected chi connectivity index (χ2v) is 20.2. The van der Waals surface area contributed by atoms with Crippen molar-refractivity contribution in [2.75, 3.05) is 13.2 Å². The van der Waals surface area contributed by atoms with Crippen LogP contribution in [0.1, 0.15) is 278 Å². The van der Waals surface area contributed by atoms with Gasteiger partial charge < -0.3 is 14.2 Å². The van der Waals surface area contributed by atoms with E-state index >= 15 is 0 Å². The highest BCUT2D eigenvalue weighted by Crippen LogP contribution is 2.15. The molecule has 0 N–H and O–H groups in total. The van der Waals surface area contributed by atoms with E-state index in [4.69, 9.17) is 14.2 Å². The number of allylic oxidation sites excluding steroid dienone is 20. The van der Waals surface area contributed by atoms with Crippen molar-refractivity contribution in [3.8, 4) is 0 Å². The predicted molar refractivity (Wildman–Crippen MR) is 325 cm³/mol. The molecule has 0 heterocycles. The number of hydrogen-bond acceptors (Lipinski definition) is 6. The second kappa shape index (κ2) is 62.4. The standard InChI is InChI=1S/C69H114O6/c1-4-7-10-13-16-19-22-24-26-28-30-32-33-34-35-37-38-40-42-44-47-50-53-56-59-62-68(71)74-65-66(64-73-67(70)61-58-55-52-49-46-21-18-15-12-9-6-3)75-69(72)63-60-57-54-51-48-45-43-41-39-36-31-29-27-25-23-20-17-14-11-8-5-2/h7-8,10-11,16-17,19-20,24-27,30-32,34-36,38,40,66H,4-6,9,12-15,18,21-23,28-29,33,37,39,41-65H2,1-3H3/b10-7-,11-8-,19-16-,20-17-,26-24-,27-25-,32-30-,35-34-,36-31-,40-38-. The Balaban J connectivity index is 4.36. The highest BCUT2D eigenvalue weighted by molar-refractivity contribution is 5.71. The minimum absolute atomic E-state index is 0.0866. The molecule has 0 aliphatic heterocycles. The number of unbranched alkanes of at least 4 members (excludes halogenated alkanes) is 24. The summed E-state index contributed by atoms with van der Waals surface area (Å²) in [6.07, 6.45) is 86.2. The monoisotopic (exact) mass is 1040 g/mol. The molecule has 0 rings (SSSR count). The van der Waals surface area contributed by atoms with Crippen LogP contribution >= 0.6 is 0 Å². The van der Waals surface area contributed by atoms with Crippen molar-refractivity contribution in [2.45, 2.75) is 284 Å². The van der Waals surface area contributed by atoms with Gasteiger partial charge in [-0.05, 0) is 109 Å². The fraction of sp³-hybridized carbons (Fsp3) is 0.667. The first-order chi connectivity index (χ1) is 37.0. The summed E-state index contributed by atoms with van der Waals surface area (Å²) < 4.78 is 16.9. The van der Waals surface area contributed by atoms with E-state index in [0.717, 1.165) is 141 Å². The smallest absolute Gasteiger partial charge is 0.306 e. The quantitative estimate of drug-likeness (QED) is 0.0261. The van der Waals surface area contributed by atoms with Crippen LogP contribution in [0.25, 0.3) is 0 Å². The third-order valence-corrected chi connectivity index (χ3v) is 13.0. The summed E-state index contributed by atoms with van der Waals surface area (Å²) in [4.78, 5) is 38.2. The van der Waals surface area contributed by atoms with Gasteiger partial charge in [-0.2, -0.15) is 0 Å². The third-order valence-electron chi connectivity index (χ3n) is 13.0. The van der Waals surface area contributed by atoms with Gasteiger partial charge in [0, 0.05) is 19.3 Å². The molecular weight excluding hydrogens is 925 g/mol. The van der Waals surface area contributed by atoms with E-state index in [-0.39, 0.29) is 31.1 Å². The van der Waals surface area contributed by atoms with Gasteiger partial charge in [0.2, 0.25) is 0 Å². The van der Waals surface area contributed by atoms with Gasteiger partial charge in [0.05, 0.1) is 0 Å². The molecule has 0 saturated carbocycles. The van der Waals surface area contributed by atoms with Crippen LogP contribution in [0.2, 0.25) is 0 Å². The zero-order valence-corrected chi connectivity index (χ0v) is 48.8. The Labute approximate surface area is 462 Å². The maximum Gasteiger partial charge on any atom is 0.306 e. The zero-order chi connectivity index (χ0) is 54.3. The Morgan fingerprint density at radius 2 is 0.520 bits per heavy atom. The summed E-state index contributed by atoms with van der Waals surface area (Å²) >= 11 is 0. The Bertz CT molecular complexity index is 1570. The summed E-state index contributed by atoms with van der Waals surface area (Å²) in [7, 11) is 0. The Morgan fingerprint density at radius 1 is 0.280 bits per heavy atom. The lowest BCUT2D eigenvalue weighted by Crippen LogP contribution is -2.30. The third kappa shape index (κ3) is 60.6. The molecule has 0 aliphatic carbocycles. The molecule has 0 aliphatic rings. The molecule has 0 bridgehead atoms. The lowest BCUT2D eigenvalue weighted by molar-refractivity contribution is -0.167. The zero-order valence-electron chi connectivity index (χ0n) is 48.8. The maximum atomic E-state index is 12.9. The average Bonchev–Trinajstić information content (AvgIpc) is 3.41. The van der Waals surface area contributed by atoms with E-state index < -0.39 is 6.10 Å². The largest absolute Gasteiger partial charge is 0.462 e. The number of hydrogen-bond donors (Lipinski definition) is 0. The van der Waals surface area contributed by atoms with E-state index in [1.807, 2.05) is 0 Å². The highest BCUT2D eigenvalue weighted by atomic mass is 16.6. The minimum atomic E-state index is -0.791. The van der Waals surface area contributed by atoms with E-state index in [1.54, 1.807) is 0 Å². The van der Waals surface area contributed by atoms with E-state index in [2.05, 4.69) is 142 Å². The van der Waals surface area contributed by atoms with Gasteiger partial charge in [-0.3, -0.25) is 14.4 Å². The summed E-state index contributed by atoms with van der Waals surface area (Å²) in [5, 5.41) is 0. The average molecular weight is 1040 g/mol. The summed E-state index contributed by atoms with van der Waals surface area (Å²) in [6, 6.07) is 0. The first-order valence-corrected chi connectivity index (χ1v) is 31.0. The van der Waals surface area contributed by atoms with Crippen molar-refractivity contribution >= 4 is 17.9 Å². The van der Waals surface area contributed by atoms with E-state index in [9.17, 15) is 14.4 Å².